The fraction of sp³-hybridized carbons (Fsp3) is 0.933. The molecule has 0 bridgehead atoms. The maximum atomic E-state index is 11.7. The maximum Gasteiger partial charge on any atom is 0.315 e. The summed E-state index contributed by atoms with van der Waals surface area (Å²) in [7, 11) is 1.64. The Hall–Kier alpha value is -0.850. The second-order valence-electron chi connectivity index (χ2n) is 6.05. The van der Waals surface area contributed by atoms with Crippen LogP contribution in [0, 0.1) is 5.92 Å². The van der Waals surface area contributed by atoms with Gasteiger partial charge in [0.1, 0.15) is 0 Å². The largest absolute Gasteiger partial charge is 0.383 e. The maximum absolute atomic E-state index is 11.7. The van der Waals surface area contributed by atoms with Gasteiger partial charge < -0.3 is 25.2 Å². The molecule has 6 nitrogen and oxygen atoms in total. The Morgan fingerprint density at radius 2 is 1.81 bits per heavy atom. The SMILES string of the molecule is CCN1CCN(C[C@@H](C)CNC(=O)N[C@@H](C)COC)CC1. The third-order valence-corrected chi connectivity index (χ3v) is 3.89. The Morgan fingerprint density at radius 3 is 2.38 bits per heavy atom. The number of nitrogens with one attached hydrogen (secondary N) is 2. The van der Waals surface area contributed by atoms with E-state index in [0.717, 1.165) is 39.3 Å². The molecule has 2 amide bonds. The molecule has 2 atom stereocenters. The van der Waals surface area contributed by atoms with Crippen LogP contribution in [0.15, 0.2) is 0 Å². The van der Waals surface area contributed by atoms with E-state index in [0.29, 0.717) is 19.1 Å². The van der Waals surface area contributed by atoms with Crippen molar-refractivity contribution >= 4 is 6.03 Å². The number of methoxy groups -OCH3 is 1. The first-order valence-corrected chi connectivity index (χ1v) is 8.03. The zero-order valence-corrected chi connectivity index (χ0v) is 14.0. The minimum atomic E-state index is -0.109. The van der Waals surface area contributed by atoms with E-state index in [1.165, 1.54) is 0 Å². The molecule has 0 unspecified atom stereocenters. The van der Waals surface area contributed by atoms with E-state index in [4.69, 9.17) is 4.74 Å². The quantitative estimate of drug-likeness (QED) is 0.689. The summed E-state index contributed by atoms with van der Waals surface area (Å²) in [5.74, 6) is 0.460. The van der Waals surface area contributed by atoms with Gasteiger partial charge in [-0.05, 0) is 19.4 Å². The monoisotopic (exact) mass is 300 g/mol. The lowest BCUT2D eigenvalue weighted by Crippen LogP contribution is -2.49. The fourth-order valence-electron chi connectivity index (χ4n) is 2.63. The second-order valence-corrected chi connectivity index (χ2v) is 6.05. The summed E-state index contributed by atoms with van der Waals surface area (Å²) >= 11 is 0. The predicted octanol–water partition coefficient (Wildman–Crippen LogP) is 0.594. The summed E-state index contributed by atoms with van der Waals surface area (Å²) in [4.78, 5) is 16.7. The molecule has 0 radical (unpaired) electrons. The van der Waals surface area contributed by atoms with Gasteiger partial charge in [-0.2, -0.15) is 0 Å². The van der Waals surface area contributed by atoms with E-state index in [1.54, 1.807) is 7.11 Å². The number of ether oxygens (including phenoxy) is 1. The highest BCUT2D eigenvalue weighted by Crippen LogP contribution is 2.04. The van der Waals surface area contributed by atoms with Gasteiger partial charge in [-0.3, -0.25) is 0 Å². The van der Waals surface area contributed by atoms with Crippen molar-refractivity contribution in [2.24, 2.45) is 5.92 Å². The highest BCUT2D eigenvalue weighted by atomic mass is 16.5. The van der Waals surface area contributed by atoms with Gasteiger partial charge in [0.25, 0.3) is 0 Å². The first-order chi connectivity index (χ1) is 10.0. The van der Waals surface area contributed by atoms with Gasteiger partial charge in [-0.25, -0.2) is 4.79 Å². The van der Waals surface area contributed by atoms with Crippen LogP contribution in [0.4, 0.5) is 4.79 Å². The van der Waals surface area contributed by atoms with Crippen LogP contribution < -0.4 is 10.6 Å². The standard InChI is InChI=1S/C15H32N4O2/c1-5-18-6-8-19(9-7-18)11-13(2)10-16-15(20)17-14(3)12-21-4/h13-14H,5-12H2,1-4H3,(H2,16,17,20)/t13-,14-/m0/s1. The molecule has 1 fully saturated rings. The molecule has 1 heterocycles. The van der Waals surface area contributed by atoms with Gasteiger partial charge in [-0.15, -0.1) is 0 Å². The van der Waals surface area contributed by atoms with E-state index in [2.05, 4.69) is 34.3 Å². The van der Waals surface area contributed by atoms with Gasteiger partial charge in [0.2, 0.25) is 0 Å². The Labute approximate surface area is 129 Å². The van der Waals surface area contributed by atoms with Crippen LogP contribution in [0.2, 0.25) is 0 Å². The molecule has 6 heteroatoms. The number of urea groups is 1. The molecule has 124 valence electrons. The van der Waals surface area contributed by atoms with Crippen LogP contribution >= 0.6 is 0 Å². The Morgan fingerprint density at radius 1 is 1.19 bits per heavy atom. The molecule has 1 saturated heterocycles. The van der Waals surface area contributed by atoms with Gasteiger partial charge >= 0.3 is 6.03 Å². The van der Waals surface area contributed by atoms with Crippen LogP contribution in [-0.2, 0) is 4.74 Å². The topological polar surface area (TPSA) is 56.8 Å². The highest BCUT2D eigenvalue weighted by molar-refractivity contribution is 5.74. The number of piperazine rings is 1. The van der Waals surface area contributed by atoms with Crippen LogP contribution in [-0.4, -0.2) is 81.4 Å². The molecule has 0 spiro atoms. The van der Waals surface area contributed by atoms with Crippen LogP contribution in [0.3, 0.4) is 0 Å². The number of likely N-dealkylation sites (N-methyl/N-ethyl adjacent to an activating group) is 1. The average molecular weight is 300 g/mol. The molecule has 0 aliphatic carbocycles. The third-order valence-electron chi connectivity index (χ3n) is 3.89. The van der Waals surface area contributed by atoms with Crippen LogP contribution in [0.1, 0.15) is 20.8 Å². The molecule has 1 aliphatic rings. The highest BCUT2D eigenvalue weighted by Gasteiger charge is 2.17. The molecule has 1 aliphatic heterocycles. The summed E-state index contributed by atoms with van der Waals surface area (Å²) in [5.41, 5.74) is 0. The van der Waals surface area contributed by atoms with Crippen molar-refractivity contribution in [3.8, 4) is 0 Å². The lowest BCUT2D eigenvalue weighted by atomic mass is 10.1. The minimum Gasteiger partial charge on any atom is -0.383 e. The number of amides is 2. The number of carbonyl (C=O) groups is 1. The van der Waals surface area contributed by atoms with Gasteiger partial charge in [0.05, 0.1) is 12.6 Å². The molecule has 0 aromatic heterocycles. The molecule has 0 aromatic rings. The number of hydrogen-bond acceptors (Lipinski definition) is 4. The average Bonchev–Trinajstić information content (AvgIpc) is 2.46. The normalized spacial score (nSPS) is 20.0. The smallest absolute Gasteiger partial charge is 0.315 e. The number of hydrogen-bond donors (Lipinski definition) is 2. The Kier molecular flexibility index (Phi) is 8.64. The molecule has 21 heavy (non-hydrogen) atoms. The fourth-order valence-corrected chi connectivity index (χ4v) is 2.63. The molecule has 2 N–H and O–H groups in total. The van der Waals surface area contributed by atoms with Crippen molar-refractivity contribution in [3.05, 3.63) is 0 Å². The van der Waals surface area contributed by atoms with E-state index >= 15 is 0 Å². The van der Waals surface area contributed by atoms with Crippen molar-refractivity contribution in [2.75, 3.05) is 59.5 Å². The first-order valence-electron chi connectivity index (χ1n) is 8.03. The van der Waals surface area contributed by atoms with Gasteiger partial charge in [0.15, 0.2) is 0 Å². The van der Waals surface area contributed by atoms with Crippen molar-refractivity contribution < 1.29 is 9.53 Å². The molecular formula is C15H32N4O2. The van der Waals surface area contributed by atoms with Crippen molar-refractivity contribution in [2.45, 2.75) is 26.8 Å². The second kappa shape index (κ2) is 9.97. The summed E-state index contributed by atoms with van der Waals surface area (Å²) in [5, 5.41) is 5.80. The van der Waals surface area contributed by atoms with Crippen molar-refractivity contribution in [3.63, 3.8) is 0 Å². The van der Waals surface area contributed by atoms with E-state index in [-0.39, 0.29) is 12.1 Å². The van der Waals surface area contributed by atoms with E-state index in [9.17, 15) is 4.79 Å². The van der Waals surface area contributed by atoms with Crippen molar-refractivity contribution in [1.82, 2.24) is 20.4 Å². The Bertz CT molecular complexity index is 293. The minimum absolute atomic E-state index is 0.0347. The summed E-state index contributed by atoms with van der Waals surface area (Å²) in [6.07, 6.45) is 0. The molecular weight excluding hydrogens is 268 g/mol. The third kappa shape index (κ3) is 7.64. The van der Waals surface area contributed by atoms with E-state index < -0.39 is 0 Å². The molecule has 1 rings (SSSR count). The summed E-state index contributed by atoms with van der Waals surface area (Å²) in [6.45, 7) is 14.3. The lowest BCUT2D eigenvalue weighted by Gasteiger charge is -2.35. The number of rotatable bonds is 8. The number of nitrogens with zero attached hydrogens (tertiary/aromatic N) is 2. The summed E-state index contributed by atoms with van der Waals surface area (Å²) < 4.78 is 5.00. The zero-order chi connectivity index (χ0) is 15.7. The lowest BCUT2D eigenvalue weighted by molar-refractivity contribution is 0.124. The zero-order valence-electron chi connectivity index (χ0n) is 14.0. The molecule has 0 saturated carbocycles. The first kappa shape index (κ1) is 18.2. The van der Waals surface area contributed by atoms with Crippen molar-refractivity contribution in [1.29, 1.82) is 0 Å². The Balaban J connectivity index is 2.13. The predicted molar refractivity (Wildman–Crippen MR) is 85.6 cm³/mol. The van der Waals surface area contributed by atoms with E-state index in [1.807, 2.05) is 6.92 Å². The number of carbonyl (C=O) groups excluding carboxylic acids is 1. The summed E-state index contributed by atoms with van der Waals surface area (Å²) in [6, 6.07) is -0.0744. The van der Waals surface area contributed by atoms with Gasteiger partial charge in [-0.1, -0.05) is 13.8 Å². The van der Waals surface area contributed by atoms with Gasteiger partial charge in [0, 0.05) is 46.4 Å². The van der Waals surface area contributed by atoms with Crippen LogP contribution in [0.5, 0.6) is 0 Å². The molecule has 0 aromatic carbocycles. The van der Waals surface area contributed by atoms with Crippen LogP contribution in [0.25, 0.3) is 0 Å².